The Morgan fingerprint density at radius 3 is 1.50 bits per heavy atom. The van der Waals surface area contributed by atoms with Crippen molar-refractivity contribution in [1.82, 2.24) is 0 Å². The molecule has 0 aliphatic heterocycles. The van der Waals surface area contributed by atoms with Crippen molar-refractivity contribution in [3.63, 3.8) is 0 Å². The fraction of sp³-hybridized carbons (Fsp3) is 0.188. The molecule has 6 N–H and O–H groups in total. The van der Waals surface area contributed by atoms with Crippen LogP contribution in [0, 0.1) is 0 Å². The topological polar surface area (TPSA) is 112 Å². The van der Waals surface area contributed by atoms with Gasteiger partial charge in [0.2, 0.25) is 5.52 Å². The van der Waals surface area contributed by atoms with E-state index in [1.54, 1.807) is 48.5 Å². The van der Waals surface area contributed by atoms with Gasteiger partial charge in [0.25, 0.3) is 0 Å². The van der Waals surface area contributed by atoms with Gasteiger partial charge in [-0.05, 0) is 21.1 Å². The Bertz CT molecular complexity index is 470. The Hall–Kier alpha value is -1.78. The van der Waals surface area contributed by atoms with Crippen LogP contribution in [-0.2, 0) is 4.57 Å². The van der Waals surface area contributed by atoms with Gasteiger partial charge >= 0.3 is 0 Å². The molecule has 0 heterocycles. The normalized spacial score (nSPS) is 9.55. The van der Waals surface area contributed by atoms with Crippen LogP contribution in [0.1, 0.15) is 10.4 Å². The predicted octanol–water partition coefficient (Wildman–Crippen LogP) is 1.44. The van der Waals surface area contributed by atoms with E-state index in [1.165, 1.54) is 21.1 Å². The molecule has 0 saturated heterocycles. The van der Waals surface area contributed by atoms with Crippen LogP contribution in [0.5, 0.6) is 0 Å². The lowest BCUT2D eigenvalue weighted by Crippen LogP contribution is -2.03. The van der Waals surface area contributed by atoms with Crippen molar-refractivity contribution in [2.75, 3.05) is 21.1 Å². The van der Waals surface area contributed by atoms with Gasteiger partial charge in [0.15, 0.2) is 7.80 Å². The standard InChI is InChI=1S/C13H11O2P.3CH5N/c14-13(11-7-3-1-4-8-11)16(15)12-9-5-2-6-10-12;3*1-2/h1-10,16H;3*2H2,1H3. The van der Waals surface area contributed by atoms with Crippen molar-refractivity contribution < 1.29 is 9.36 Å². The molecule has 1 atom stereocenters. The number of nitrogens with two attached hydrogens (primary N) is 3. The molecular formula is C16H26N3O2P. The van der Waals surface area contributed by atoms with Crippen LogP contribution in [0.25, 0.3) is 0 Å². The second-order valence-corrected chi connectivity index (χ2v) is 5.08. The van der Waals surface area contributed by atoms with Crippen LogP contribution in [0.4, 0.5) is 0 Å². The van der Waals surface area contributed by atoms with Crippen LogP contribution in [0.15, 0.2) is 60.7 Å². The Labute approximate surface area is 133 Å². The first-order valence-corrected chi connectivity index (χ1v) is 8.12. The number of hydrogen-bond donors (Lipinski definition) is 3. The van der Waals surface area contributed by atoms with E-state index < -0.39 is 7.80 Å². The van der Waals surface area contributed by atoms with E-state index in [1.807, 2.05) is 12.1 Å². The van der Waals surface area contributed by atoms with Crippen molar-refractivity contribution in [3.05, 3.63) is 66.2 Å². The summed E-state index contributed by atoms with van der Waals surface area (Å²) >= 11 is 0. The summed E-state index contributed by atoms with van der Waals surface area (Å²) in [4.78, 5) is 11.9. The smallest absolute Gasteiger partial charge is 0.222 e. The summed E-state index contributed by atoms with van der Waals surface area (Å²) in [5.41, 5.74) is 13.7. The van der Waals surface area contributed by atoms with Gasteiger partial charge in [-0.2, -0.15) is 0 Å². The first kappa shape index (κ1) is 22.5. The summed E-state index contributed by atoms with van der Waals surface area (Å²) in [6, 6.07) is 17.6. The van der Waals surface area contributed by atoms with Gasteiger partial charge in [-0.1, -0.05) is 60.7 Å². The van der Waals surface area contributed by atoms with Gasteiger partial charge in [-0.3, -0.25) is 4.79 Å². The highest BCUT2D eigenvalue weighted by Crippen LogP contribution is 2.25. The fourth-order valence-corrected chi connectivity index (χ4v) is 2.63. The van der Waals surface area contributed by atoms with Crippen molar-refractivity contribution in [1.29, 1.82) is 0 Å². The molecule has 0 aromatic heterocycles. The van der Waals surface area contributed by atoms with E-state index in [-0.39, 0.29) is 5.52 Å². The largest absolute Gasteiger partial charge is 0.333 e. The van der Waals surface area contributed by atoms with E-state index in [9.17, 15) is 9.36 Å². The Balaban J connectivity index is 0. The minimum Gasteiger partial charge on any atom is -0.333 e. The summed E-state index contributed by atoms with van der Waals surface area (Å²) < 4.78 is 12.0. The average molecular weight is 323 g/mol. The number of carbonyl (C=O) groups is 1. The van der Waals surface area contributed by atoms with Crippen molar-refractivity contribution in [2.24, 2.45) is 17.2 Å². The maximum absolute atomic E-state index is 12.0. The third kappa shape index (κ3) is 7.86. The highest BCUT2D eigenvalue weighted by molar-refractivity contribution is 7.71. The van der Waals surface area contributed by atoms with Crippen molar-refractivity contribution in [2.45, 2.75) is 0 Å². The average Bonchev–Trinajstić information content (AvgIpc) is 2.67. The molecule has 2 aromatic carbocycles. The molecule has 122 valence electrons. The molecule has 2 aromatic rings. The number of hydrogen-bond acceptors (Lipinski definition) is 5. The minimum atomic E-state index is -2.39. The summed E-state index contributed by atoms with van der Waals surface area (Å²) in [5, 5.41) is 0.612. The molecule has 0 amide bonds. The maximum atomic E-state index is 12.0. The maximum Gasteiger partial charge on any atom is 0.222 e. The minimum absolute atomic E-state index is 0.281. The molecule has 0 aliphatic carbocycles. The molecule has 0 spiro atoms. The molecular weight excluding hydrogens is 297 g/mol. The van der Waals surface area contributed by atoms with Gasteiger partial charge < -0.3 is 21.8 Å². The number of rotatable bonds is 3. The first-order valence-electron chi connectivity index (χ1n) is 6.71. The van der Waals surface area contributed by atoms with Gasteiger partial charge in [0.1, 0.15) is 0 Å². The molecule has 0 fully saturated rings. The molecule has 1 unspecified atom stereocenters. The lowest BCUT2D eigenvalue weighted by molar-refractivity contribution is 0.108. The molecule has 0 saturated carbocycles. The molecule has 5 nitrogen and oxygen atoms in total. The highest BCUT2D eigenvalue weighted by atomic mass is 31.1. The first-order chi connectivity index (χ1) is 10.8. The summed E-state index contributed by atoms with van der Waals surface area (Å²) in [7, 11) is 2.11. The fourth-order valence-electron chi connectivity index (χ4n) is 1.44. The van der Waals surface area contributed by atoms with Crippen LogP contribution in [-0.4, -0.2) is 26.7 Å². The van der Waals surface area contributed by atoms with Gasteiger partial charge in [0, 0.05) is 10.9 Å². The summed E-state index contributed by atoms with van der Waals surface area (Å²) in [5.74, 6) is 0. The molecule has 6 heteroatoms. The van der Waals surface area contributed by atoms with Gasteiger partial charge in [-0.25, -0.2) is 0 Å². The zero-order valence-electron chi connectivity index (χ0n) is 13.3. The van der Waals surface area contributed by atoms with E-state index in [4.69, 9.17) is 0 Å². The van der Waals surface area contributed by atoms with Gasteiger partial charge in [-0.15, -0.1) is 0 Å². The molecule has 22 heavy (non-hydrogen) atoms. The van der Waals surface area contributed by atoms with Crippen molar-refractivity contribution in [3.8, 4) is 0 Å². The van der Waals surface area contributed by atoms with Gasteiger partial charge in [0.05, 0.1) is 0 Å². The predicted molar refractivity (Wildman–Crippen MR) is 96.2 cm³/mol. The van der Waals surface area contributed by atoms with E-state index in [2.05, 4.69) is 17.2 Å². The zero-order valence-corrected chi connectivity index (χ0v) is 14.3. The molecule has 0 radical (unpaired) electrons. The Morgan fingerprint density at radius 1 is 0.727 bits per heavy atom. The second-order valence-electron chi connectivity index (χ2n) is 3.39. The lowest BCUT2D eigenvalue weighted by Gasteiger charge is -2.01. The van der Waals surface area contributed by atoms with E-state index >= 15 is 0 Å². The SMILES string of the molecule is CN.CN.CN.O=C(c1ccccc1)[PH](=O)c1ccccc1. The zero-order chi connectivity index (χ0) is 17.4. The van der Waals surface area contributed by atoms with E-state index in [0.29, 0.717) is 10.9 Å². The quantitative estimate of drug-likeness (QED) is 0.740. The van der Waals surface area contributed by atoms with Crippen LogP contribution < -0.4 is 22.5 Å². The third-order valence-corrected chi connectivity index (χ3v) is 3.84. The second kappa shape index (κ2) is 15.6. The van der Waals surface area contributed by atoms with E-state index in [0.717, 1.165) is 0 Å². The molecule has 0 bridgehead atoms. The van der Waals surface area contributed by atoms with Crippen LogP contribution in [0.2, 0.25) is 0 Å². The third-order valence-electron chi connectivity index (χ3n) is 2.28. The van der Waals surface area contributed by atoms with Crippen molar-refractivity contribution >= 4 is 18.6 Å². The Morgan fingerprint density at radius 2 is 1.09 bits per heavy atom. The summed E-state index contributed by atoms with van der Waals surface area (Å²) in [6.45, 7) is 0. The monoisotopic (exact) mass is 323 g/mol. The number of benzene rings is 2. The molecule has 2 rings (SSSR count). The van der Waals surface area contributed by atoms with Crippen LogP contribution in [0.3, 0.4) is 0 Å². The summed E-state index contributed by atoms with van der Waals surface area (Å²) in [6.07, 6.45) is 0. The molecule has 0 aliphatic rings. The Kier molecular flexibility index (Phi) is 16.0. The van der Waals surface area contributed by atoms with Crippen LogP contribution >= 0.6 is 7.80 Å². The lowest BCUT2D eigenvalue weighted by atomic mass is 10.2. The highest BCUT2D eigenvalue weighted by Gasteiger charge is 2.14. The number of carbonyl (C=O) groups excluding carboxylic acids is 1.